The Balaban J connectivity index is 1.68. The van der Waals surface area contributed by atoms with Crippen LogP contribution in [0.3, 0.4) is 0 Å². The highest BCUT2D eigenvalue weighted by molar-refractivity contribution is 9.10. The van der Waals surface area contributed by atoms with Crippen LogP contribution in [0.25, 0.3) is 0 Å². The van der Waals surface area contributed by atoms with Crippen LogP contribution in [0.15, 0.2) is 47.2 Å². The molecule has 0 spiro atoms. The van der Waals surface area contributed by atoms with Gasteiger partial charge in [0.05, 0.1) is 22.9 Å². The molecular formula is C18H20BrN5O. The van der Waals surface area contributed by atoms with Crippen molar-refractivity contribution in [1.29, 1.82) is 0 Å². The highest BCUT2D eigenvalue weighted by Crippen LogP contribution is 2.19. The van der Waals surface area contributed by atoms with Crippen LogP contribution in [0.2, 0.25) is 0 Å². The number of nitrogens with one attached hydrogen (secondary N) is 1. The lowest BCUT2D eigenvalue weighted by Crippen LogP contribution is -2.25. The molecule has 1 amide bonds. The Bertz CT molecular complexity index is 899. The van der Waals surface area contributed by atoms with Gasteiger partial charge in [-0.1, -0.05) is 24.3 Å². The van der Waals surface area contributed by atoms with E-state index in [1.54, 1.807) is 16.9 Å². The molecule has 1 unspecified atom stereocenters. The van der Waals surface area contributed by atoms with Gasteiger partial charge in [-0.05, 0) is 47.8 Å². The third-order valence-corrected chi connectivity index (χ3v) is 5.00. The number of halogens is 1. The molecule has 130 valence electrons. The van der Waals surface area contributed by atoms with Gasteiger partial charge in [-0.2, -0.15) is 10.2 Å². The summed E-state index contributed by atoms with van der Waals surface area (Å²) in [5.74, 6) is 0.383. The molecule has 0 saturated carbocycles. The summed E-state index contributed by atoms with van der Waals surface area (Å²) in [5.41, 5.74) is 3.33. The van der Waals surface area contributed by atoms with Crippen molar-refractivity contribution in [2.45, 2.75) is 33.4 Å². The van der Waals surface area contributed by atoms with Crippen LogP contribution in [0, 0.1) is 13.8 Å². The number of hydrogen-bond donors (Lipinski definition) is 1. The van der Waals surface area contributed by atoms with Crippen LogP contribution < -0.4 is 5.32 Å². The minimum atomic E-state index is -0.423. The first-order valence-electron chi connectivity index (χ1n) is 8.04. The van der Waals surface area contributed by atoms with E-state index >= 15 is 0 Å². The molecule has 1 atom stereocenters. The number of aromatic nitrogens is 4. The molecule has 25 heavy (non-hydrogen) atoms. The number of anilines is 1. The monoisotopic (exact) mass is 401 g/mol. The van der Waals surface area contributed by atoms with Crippen molar-refractivity contribution in [1.82, 2.24) is 19.6 Å². The summed E-state index contributed by atoms with van der Waals surface area (Å²) in [4.78, 5) is 12.5. The van der Waals surface area contributed by atoms with Crippen molar-refractivity contribution < 1.29 is 4.79 Å². The van der Waals surface area contributed by atoms with Gasteiger partial charge in [0.1, 0.15) is 6.04 Å². The zero-order chi connectivity index (χ0) is 18.0. The van der Waals surface area contributed by atoms with E-state index < -0.39 is 6.04 Å². The third-order valence-electron chi connectivity index (χ3n) is 4.22. The fourth-order valence-corrected chi connectivity index (χ4v) is 2.89. The SMILES string of the molecule is Cc1ccccc1Cn1ccc(NC(=O)C(C)n2ncc(Br)c2C)n1. The van der Waals surface area contributed by atoms with E-state index in [2.05, 4.69) is 50.5 Å². The zero-order valence-electron chi connectivity index (χ0n) is 14.4. The van der Waals surface area contributed by atoms with E-state index in [1.807, 2.05) is 36.9 Å². The maximum atomic E-state index is 12.5. The first kappa shape index (κ1) is 17.4. The lowest BCUT2D eigenvalue weighted by molar-refractivity contribution is -0.119. The average molecular weight is 402 g/mol. The van der Waals surface area contributed by atoms with Gasteiger partial charge in [0, 0.05) is 12.3 Å². The zero-order valence-corrected chi connectivity index (χ0v) is 16.0. The molecule has 2 heterocycles. The summed E-state index contributed by atoms with van der Waals surface area (Å²) in [6, 6.07) is 9.57. The van der Waals surface area contributed by atoms with Crippen LogP contribution in [0.1, 0.15) is 29.8 Å². The van der Waals surface area contributed by atoms with E-state index in [0.717, 1.165) is 10.2 Å². The summed E-state index contributed by atoms with van der Waals surface area (Å²) < 4.78 is 4.39. The maximum absolute atomic E-state index is 12.5. The molecule has 2 aromatic heterocycles. The van der Waals surface area contributed by atoms with Crippen molar-refractivity contribution in [3.8, 4) is 0 Å². The summed E-state index contributed by atoms with van der Waals surface area (Å²) >= 11 is 3.41. The van der Waals surface area contributed by atoms with Gasteiger partial charge in [0.25, 0.3) is 0 Å². The van der Waals surface area contributed by atoms with Gasteiger partial charge in [-0.25, -0.2) is 0 Å². The Morgan fingerprint density at radius 1 is 1.28 bits per heavy atom. The van der Waals surface area contributed by atoms with Crippen LogP contribution in [0.5, 0.6) is 0 Å². The number of rotatable bonds is 5. The molecule has 3 aromatic rings. The Morgan fingerprint density at radius 2 is 2.04 bits per heavy atom. The highest BCUT2D eigenvalue weighted by Gasteiger charge is 2.19. The van der Waals surface area contributed by atoms with E-state index in [4.69, 9.17) is 0 Å². The average Bonchev–Trinajstić information content (AvgIpc) is 3.16. The molecule has 0 aliphatic carbocycles. The lowest BCUT2D eigenvalue weighted by atomic mass is 10.1. The predicted molar refractivity (Wildman–Crippen MR) is 101 cm³/mol. The minimum absolute atomic E-state index is 0.153. The van der Waals surface area contributed by atoms with Gasteiger partial charge in [-0.3, -0.25) is 14.2 Å². The lowest BCUT2D eigenvalue weighted by Gasteiger charge is -2.13. The molecule has 1 N–H and O–H groups in total. The van der Waals surface area contributed by atoms with Crippen molar-refractivity contribution >= 4 is 27.7 Å². The van der Waals surface area contributed by atoms with Crippen molar-refractivity contribution in [3.05, 3.63) is 64.0 Å². The number of aryl methyl sites for hydroxylation is 1. The standard InChI is InChI=1S/C18H20BrN5O/c1-12-6-4-5-7-15(12)11-23-9-8-17(22-23)21-18(25)14(3)24-13(2)16(19)10-20-24/h4-10,14H,11H2,1-3H3,(H,21,22,25). The molecule has 0 radical (unpaired) electrons. The molecule has 3 rings (SSSR count). The second-order valence-corrected chi connectivity index (χ2v) is 6.87. The Morgan fingerprint density at radius 3 is 2.72 bits per heavy atom. The van der Waals surface area contributed by atoms with Crippen molar-refractivity contribution in [2.75, 3.05) is 5.32 Å². The van der Waals surface area contributed by atoms with Crippen LogP contribution >= 0.6 is 15.9 Å². The van der Waals surface area contributed by atoms with Crippen LogP contribution in [-0.2, 0) is 11.3 Å². The van der Waals surface area contributed by atoms with Gasteiger partial charge >= 0.3 is 0 Å². The van der Waals surface area contributed by atoms with E-state index in [1.165, 1.54) is 11.1 Å². The molecule has 0 fully saturated rings. The van der Waals surface area contributed by atoms with E-state index in [0.29, 0.717) is 12.4 Å². The predicted octanol–water partition coefficient (Wildman–Crippen LogP) is 3.71. The summed E-state index contributed by atoms with van der Waals surface area (Å²) in [7, 11) is 0. The summed E-state index contributed by atoms with van der Waals surface area (Å²) in [6.45, 7) is 6.47. The molecule has 0 aliphatic heterocycles. The smallest absolute Gasteiger partial charge is 0.250 e. The molecule has 7 heteroatoms. The molecule has 0 bridgehead atoms. The second kappa shape index (κ2) is 7.23. The first-order chi connectivity index (χ1) is 12.0. The molecule has 1 aromatic carbocycles. The van der Waals surface area contributed by atoms with Crippen molar-refractivity contribution in [2.24, 2.45) is 0 Å². The topological polar surface area (TPSA) is 64.7 Å². The molecule has 0 saturated heterocycles. The van der Waals surface area contributed by atoms with E-state index in [-0.39, 0.29) is 5.91 Å². The Labute approximate surface area is 155 Å². The van der Waals surface area contributed by atoms with Crippen LogP contribution in [-0.4, -0.2) is 25.5 Å². The van der Waals surface area contributed by atoms with E-state index in [9.17, 15) is 4.79 Å². The minimum Gasteiger partial charge on any atom is -0.307 e. The fraction of sp³-hybridized carbons (Fsp3) is 0.278. The number of carbonyl (C=O) groups excluding carboxylic acids is 1. The normalized spacial score (nSPS) is 12.2. The molecule has 0 aliphatic rings. The summed E-state index contributed by atoms with van der Waals surface area (Å²) in [6.07, 6.45) is 3.55. The number of amides is 1. The Kier molecular flexibility index (Phi) is 5.03. The molecule has 6 nitrogen and oxygen atoms in total. The number of carbonyl (C=O) groups is 1. The van der Waals surface area contributed by atoms with Gasteiger partial charge in [0.2, 0.25) is 5.91 Å². The second-order valence-electron chi connectivity index (χ2n) is 6.01. The Hall–Kier alpha value is -2.41. The fourth-order valence-electron chi connectivity index (χ4n) is 2.61. The largest absolute Gasteiger partial charge is 0.307 e. The number of hydrogen-bond acceptors (Lipinski definition) is 3. The first-order valence-corrected chi connectivity index (χ1v) is 8.83. The van der Waals surface area contributed by atoms with Crippen LogP contribution in [0.4, 0.5) is 5.82 Å². The number of nitrogens with zero attached hydrogens (tertiary/aromatic N) is 4. The summed E-state index contributed by atoms with van der Waals surface area (Å²) in [5, 5.41) is 11.5. The third kappa shape index (κ3) is 3.82. The van der Waals surface area contributed by atoms with Gasteiger partial charge in [0.15, 0.2) is 5.82 Å². The maximum Gasteiger partial charge on any atom is 0.250 e. The quantitative estimate of drug-likeness (QED) is 0.708. The number of benzene rings is 1. The van der Waals surface area contributed by atoms with Crippen molar-refractivity contribution in [3.63, 3.8) is 0 Å². The highest BCUT2D eigenvalue weighted by atomic mass is 79.9. The molecular weight excluding hydrogens is 382 g/mol. The van der Waals surface area contributed by atoms with Gasteiger partial charge < -0.3 is 5.32 Å². The van der Waals surface area contributed by atoms with Gasteiger partial charge in [-0.15, -0.1) is 0 Å².